The fraction of sp³-hybridized carbons (Fsp3) is 0.100. The summed E-state index contributed by atoms with van der Waals surface area (Å²) in [5, 5.41) is 21.6. The first-order chi connectivity index (χ1) is 14.1. The number of anilines is 2. The summed E-state index contributed by atoms with van der Waals surface area (Å²) in [5.74, 6) is -0.942. The molecule has 0 fully saturated rings. The van der Waals surface area contributed by atoms with Crippen LogP contribution in [-0.4, -0.2) is 26.3 Å². The number of hydrogen-bond acceptors (Lipinski definition) is 5. The number of benzene rings is 2. The number of ketones is 1. The molecule has 30 heavy (non-hydrogen) atoms. The number of halogens is 2. The molecule has 0 bridgehead atoms. The maximum Gasteiger partial charge on any atom is 0.269 e. The molecule has 1 amide bonds. The molecule has 0 atom stereocenters. The number of hydrogen-bond donors (Lipinski definition) is 1. The molecule has 1 aromatic heterocycles. The zero-order chi connectivity index (χ0) is 22.2. The SMILES string of the molecule is CC(=O)c1cc(N(C(=O)c2ccc([N+](=O)[O-])cc2)c2c(O)cc(Cl)cc2Cl)n(C)c1. The van der Waals surface area contributed by atoms with E-state index in [9.17, 15) is 24.8 Å². The highest BCUT2D eigenvalue weighted by atomic mass is 35.5. The molecule has 0 spiro atoms. The van der Waals surface area contributed by atoms with Crippen molar-refractivity contribution in [2.24, 2.45) is 7.05 Å². The molecule has 1 heterocycles. The van der Waals surface area contributed by atoms with E-state index in [1.54, 1.807) is 7.05 Å². The van der Waals surface area contributed by atoms with E-state index in [1.165, 1.54) is 60.2 Å². The van der Waals surface area contributed by atoms with Gasteiger partial charge in [0.25, 0.3) is 11.6 Å². The number of phenols is 1. The number of aryl methyl sites for hydroxylation is 1. The summed E-state index contributed by atoms with van der Waals surface area (Å²) < 4.78 is 1.53. The summed E-state index contributed by atoms with van der Waals surface area (Å²) in [6.07, 6.45) is 1.54. The van der Waals surface area contributed by atoms with Gasteiger partial charge in [0.05, 0.1) is 9.95 Å². The van der Waals surface area contributed by atoms with Crippen LogP contribution in [0.2, 0.25) is 10.0 Å². The molecule has 0 unspecified atom stereocenters. The molecule has 0 aliphatic rings. The van der Waals surface area contributed by atoms with Crippen LogP contribution in [0.4, 0.5) is 17.2 Å². The third-order valence-corrected chi connectivity index (χ3v) is 4.88. The van der Waals surface area contributed by atoms with Crippen LogP contribution in [-0.2, 0) is 7.05 Å². The molecule has 0 aliphatic heterocycles. The van der Waals surface area contributed by atoms with Crippen molar-refractivity contribution in [2.45, 2.75) is 6.92 Å². The minimum Gasteiger partial charge on any atom is -0.506 e. The van der Waals surface area contributed by atoms with E-state index >= 15 is 0 Å². The van der Waals surface area contributed by atoms with Crippen molar-refractivity contribution in [3.8, 4) is 5.75 Å². The van der Waals surface area contributed by atoms with Crippen molar-refractivity contribution in [2.75, 3.05) is 4.90 Å². The number of nitrogens with zero attached hydrogens (tertiary/aromatic N) is 3. The Labute approximate surface area is 181 Å². The molecule has 8 nitrogen and oxygen atoms in total. The number of aromatic nitrogens is 1. The van der Waals surface area contributed by atoms with Gasteiger partial charge in [-0.1, -0.05) is 23.2 Å². The average molecular weight is 448 g/mol. The molecule has 0 saturated carbocycles. The number of amides is 1. The highest BCUT2D eigenvalue weighted by Crippen LogP contribution is 2.42. The van der Waals surface area contributed by atoms with Gasteiger partial charge in [-0.05, 0) is 31.2 Å². The molecule has 10 heteroatoms. The van der Waals surface area contributed by atoms with Crippen LogP contribution < -0.4 is 4.90 Å². The maximum absolute atomic E-state index is 13.4. The van der Waals surface area contributed by atoms with Gasteiger partial charge in [0.2, 0.25) is 0 Å². The molecule has 0 saturated heterocycles. The largest absolute Gasteiger partial charge is 0.506 e. The van der Waals surface area contributed by atoms with Gasteiger partial charge >= 0.3 is 0 Å². The summed E-state index contributed by atoms with van der Waals surface area (Å²) in [6.45, 7) is 1.38. The van der Waals surface area contributed by atoms with E-state index in [-0.39, 0.29) is 44.3 Å². The van der Waals surface area contributed by atoms with Crippen molar-refractivity contribution in [1.29, 1.82) is 0 Å². The minimum atomic E-state index is -0.624. The summed E-state index contributed by atoms with van der Waals surface area (Å²) in [6, 6.07) is 9.06. The van der Waals surface area contributed by atoms with Crippen LogP contribution >= 0.6 is 23.2 Å². The summed E-state index contributed by atoms with van der Waals surface area (Å²) in [4.78, 5) is 36.7. The summed E-state index contributed by atoms with van der Waals surface area (Å²) >= 11 is 12.2. The maximum atomic E-state index is 13.4. The van der Waals surface area contributed by atoms with E-state index in [4.69, 9.17) is 23.2 Å². The normalized spacial score (nSPS) is 10.7. The number of Topliss-reactive ketones (excluding diaryl/α,β-unsaturated/α-hetero) is 1. The summed E-state index contributed by atoms with van der Waals surface area (Å²) in [7, 11) is 1.62. The number of rotatable bonds is 5. The highest BCUT2D eigenvalue weighted by Gasteiger charge is 2.28. The number of aromatic hydroxyl groups is 1. The van der Waals surface area contributed by atoms with Gasteiger partial charge in [0.1, 0.15) is 17.3 Å². The standard InChI is InChI=1S/C20H15Cl2N3O5/c1-11(26)13-7-18(23(2)10-13)24(19-16(22)8-14(21)9-17(19)27)20(28)12-3-5-15(6-4-12)25(29)30/h3-10,27H,1-2H3. The van der Waals surface area contributed by atoms with Crippen LogP contribution in [0.5, 0.6) is 5.75 Å². The van der Waals surface area contributed by atoms with Crippen LogP contribution in [0.3, 0.4) is 0 Å². The quantitative estimate of drug-likeness (QED) is 0.331. The Bertz CT molecular complexity index is 1150. The second-order valence-corrected chi connectivity index (χ2v) is 7.30. The van der Waals surface area contributed by atoms with E-state index in [1.807, 2.05) is 0 Å². The topological polar surface area (TPSA) is 106 Å². The first kappa shape index (κ1) is 21.4. The third kappa shape index (κ3) is 4.00. The van der Waals surface area contributed by atoms with E-state index in [0.717, 1.165) is 4.90 Å². The van der Waals surface area contributed by atoms with Gasteiger partial charge in [-0.25, -0.2) is 0 Å². The number of nitro groups is 1. The van der Waals surface area contributed by atoms with Gasteiger partial charge < -0.3 is 9.67 Å². The Morgan fingerprint density at radius 1 is 1.10 bits per heavy atom. The van der Waals surface area contributed by atoms with Crippen LogP contribution in [0.15, 0.2) is 48.7 Å². The molecule has 154 valence electrons. The van der Waals surface area contributed by atoms with Gasteiger partial charge in [0.15, 0.2) is 5.78 Å². The molecule has 3 aromatic rings. The first-order valence-corrected chi connectivity index (χ1v) is 9.30. The van der Waals surface area contributed by atoms with Gasteiger partial charge in [-0.15, -0.1) is 0 Å². The van der Waals surface area contributed by atoms with Crippen molar-refractivity contribution in [3.63, 3.8) is 0 Å². The Morgan fingerprint density at radius 2 is 1.73 bits per heavy atom. The van der Waals surface area contributed by atoms with Crippen molar-refractivity contribution in [3.05, 3.63) is 79.9 Å². The van der Waals surface area contributed by atoms with Gasteiger partial charge in [-0.3, -0.25) is 24.6 Å². The Morgan fingerprint density at radius 3 is 2.23 bits per heavy atom. The van der Waals surface area contributed by atoms with Gasteiger partial charge in [0, 0.05) is 47.6 Å². The molecule has 0 radical (unpaired) electrons. The molecule has 2 aromatic carbocycles. The lowest BCUT2D eigenvalue weighted by atomic mass is 10.1. The number of carbonyl (C=O) groups is 2. The number of non-ortho nitro benzene ring substituents is 1. The van der Waals surface area contributed by atoms with Crippen LogP contribution in [0.1, 0.15) is 27.6 Å². The second-order valence-electron chi connectivity index (χ2n) is 6.45. The van der Waals surface area contributed by atoms with Crippen LogP contribution in [0, 0.1) is 10.1 Å². The van der Waals surface area contributed by atoms with E-state index in [0.29, 0.717) is 5.56 Å². The smallest absolute Gasteiger partial charge is 0.269 e. The van der Waals surface area contributed by atoms with Crippen molar-refractivity contribution >= 4 is 52.1 Å². The monoisotopic (exact) mass is 447 g/mol. The first-order valence-electron chi connectivity index (χ1n) is 8.54. The van der Waals surface area contributed by atoms with Crippen molar-refractivity contribution in [1.82, 2.24) is 4.57 Å². The highest BCUT2D eigenvalue weighted by molar-refractivity contribution is 6.37. The molecular formula is C20H15Cl2N3O5. The average Bonchev–Trinajstić information content (AvgIpc) is 3.05. The van der Waals surface area contributed by atoms with E-state index in [2.05, 4.69) is 0 Å². The number of nitro benzene ring substituents is 1. The Kier molecular flexibility index (Phi) is 5.82. The van der Waals surface area contributed by atoms with Crippen LogP contribution in [0.25, 0.3) is 0 Å². The summed E-state index contributed by atoms with van der Waals surface area (Å²) in [5.41, 5.74) is 0.235. The molecular weight excluding hydrogens is 433 g/mol. The molecule has 1 N–H and O–H groups in total. The fourth-order valence-corrected chi connectivity index (χ4v) is 3.48. The lowest BCUT2D eigenvalue weighted by Gasteiger charge is -2.25. The second kappa shape index (κ2) is 8.17. The van der Waals surface area contributed by atoms with Crippen molar-refractivity contribution < 1.29 is 19.6 Å². The van der Waals surface area contributed by atoms with Gasteiger partial charge in [-0.2, -0.15) is 0 Å². The number of carbonyl (C=O) groups excluding carboxylic acids is 2. The number of phenolic OH excluding ortho intramolecular Hbond substituents is 1. The molecule has 3 rings (SSSR count). The zero-order valence-corrected chi connectivity index (χ0v) is 17.3. The predicted molar refractivity (Wildman–Crippen MR) is 113 cm³/mol. The Balaban J connectivity index is 2.21. The lowest BCUT2D eigenvalue weighted by Crippen LogP contribution is -2.28. The fourth-order valence-electron chi connectivity index (χ4n) is 2.92. The predicted octanol–water partition coefficient (Wildman–Crippen LogP) is 5.13. The minimum absolute atomic E-state index is 0.000775. The third-order valence-electron chi connectivity index (χ3n) is 4.37. The molecule has 0 aliphatic carbocycles. The zero-order valence-electron chi connectivity index (χ0n) is 15.8. The Hall–Kier alpha value is -3.36. The lowest BCUT2D eigenvalue weighted by molar-refractivity contribution is -0.384. The van der Waals surface area contributed by atoms with E-state index < -0.39 is 10.8 Å².